The lowest BCUT2D eigenvalue weighted by atomic mass is 9.92. The van der Waals surface area contributed by atoms with Gasteiger partial charge in [-0.05, 0) is 12.1 Å². The Morgan fingerprint density at radius 1 is 1.54 bits per heavy atom. The Hall–Kier alpha value is -2.06. The molecule has 4 heterocycles. The molecule has 0 aliphatic carbocycles. The van der Waals surface area contributed by atoms with E-state index in [4.69, 9.17) is 15.0 Å². The van der Waals surface area contributed by atoms with Crippen LogP contribution in [-0.4, -0.2) is 49.5 Å². The maximum atomic E-state index is 11.6. The standard InChI is InChI=1S/C12H12N5O6P/c13-4-12(8-2-1-6-11(14)15-5-16-17(6)8)10(18)9-7(22-12)3-21-24(19,20)23-9/h1-2,5,7,9-10,18H,3H2,(H,19,20)(H2,14,15,16)/t7-,9-,10-,12+/m1/s1. The Bertz CT molecular complexity index is 911. The van der Waals surface area contributed by atoms with Crippen LogP contribution < -0.4 is 5.73 Å². The topological polar surface area (TPSA) is 165 Å². The quantitative estimate of drug-likeness (QED) is 0.558. The molecule has 0 saturated carbocycles. The molecule has 2 aliphatic rings. The van der Waals surface area contributed by atoms with Crippen LogP contribution in [0.4, 0.5) is 5.82 Å². The van der Waals surface area contributed by atoms with Crippen molar-refractivity contribution in [2.75, 3.05) is 12.3 Å². The minimum absolute atomic E-state index is 0.189. The van der Waals surface area contributed by atoms with Crippen LogP contribution in [0.1, 0.15) is 5.69 Å². The van der Waals surface area contributed by atoms with Crippen molar-refractivity contribution >= 4 is 19.2 Å². The highest BCUT2D eigenvalue weighted by atomic mass is 31.2. The van der Waals surface area contributed by atoms with E-state index in [0.717, 1.165) is 0 Å². The van der Waals surface area contributed by atoms with Gasteiger partial charge in [0.15, 0.2) is 5.82 Å². The summed E-state index contributed by atoms with van der Waals surface area (Å²) in [5.74, 6) is 0.189. The molecule has 1 unspecified atom stereocenters. The molecule has 0 amide bonds. The number of hydrogen-bond acceptors (Lipinski definition) is 9. The van der Waals surface area contributed by atoms with Crippen molar-refractivity contribution in [3.05, 3.63) is 24.2 Å². The first-order valence-electron chi connectivity index (χ1n) is 6.89. The second-order valence-corrected chi connectivity index (χ2v) is 6.85. The van der Waals surface area contributed by atoms with Crippen LogP contribution in [0.3, 0.4) is 0 Å². The van der Waals surface area contributed by atoms with Crippen LogP contribution in [0.15, 0.2) is 18.5 Å². The lowest BCUT2D eigenvalue weighted by Crippen LogP contribution is -2.43. The van der Waals surface area contributed by atoms with Gasteiger partial charge in [0.1, 0.15) is 36.2 Å². The lowest BCUT2D eigenvalue weighted by Gasteiger charge is -2.28. The van der Waals surface area contributed by atoms with Gasteiger partial charge in [-0.2, -0.15) is 10.4 Å². The van der Waals surface area contributed by atoms with Gasteiger partial charge in [0.05, 0.1) is 12.3 Å². The van der Waals surface area contributed by atoms with Gasteiger partial charge >= 0.3 is 7.82 Å². The Morgan fingerprint density at radius 3 is 3.08 bits per heavy atom. The molecule has 0 aromatic carbocycles. The summed E-state index contributed by atoms with van der Waals surface area (Å²) in [6.45, 7) is -0.292. The number of aromatic nitrogens is 3. The Morgan fingerprint density at radius 2 is 2.33 bits per heavy atom. The second-order valence-electron chi connectivity index (χ2n) is 5.44. The summed E-state index contributed by atoms with van der Waals surface area (Å²) in [4.78, 5) is 13.3. The fraction of sp³-hybridized carbons (Fsp3) is 0.417. The van der Waals surface area contributed by atoms with Gasteiger partial charge in [-0.1, -0.05) is 0 Å². The molecule has 0 spiro atoms. The molecule has 0 radical (unpaired) electrons. The van der Waals surface area contributed by atoms with Gasteiger partial charge in [-0.15, -0.1) is 0 Å². The highest BCUT2D eigenvalue weighted by Crippen LogP contribution is 2.54. The largest absolute Gasteiger partial charge is 0.472 e. The van der Waals surface area contributed by atoms with E-state index in [1.54, 1.807) is 6.07 Å². The van der Waals surface area contributed by atoms with Crippen LogP contribution in [0.2, 0.25) is 0 Å². The van der Waals surface area contributed by atoms with Gasteiger partial charge in [-0.3, -0.25) is 9.05 Å². The zero-order chi connectivity index (χ0) is 17.1. The number of aliphatic hydroxyl groups excluding tert-OH is 1. The molecule has 2 aliphatic heterocycles. The summed E-state index contributed by atoms with van der Waals surface area (Å²) >= 11 is 0. The van der Waals surface area contributed by atoms with Gasteiger partial charge in [0.25, 0.3) is 0 Å². The maximum Gasteiger partial charge on any atom is 0.472 e. The summed E-state index contributed by atoms with van der Waals surface area (Å²) in [6, 6.07) is 5.02. The van der Waals surface area contributed by atoms with Crippen molar-refractivity contribution in [2.45, 2.75) is 23.9 Å². The number of ether oxygens (including phenoxy) is 1. The maximum absolute atomic E-state index is 11.6. The monoisotopic (exact) mass is 353 g/mol. The molecule has 2 aromatic heterocycles. The van der Waals surface area contributed by atoms with E-state index < -0.39 is 31.7 Å². The normalized spacial score (nSPS) is 38.8. The van der Waals surface area contributed by atoms with Crippen molar-refractivity contribution in [1.82, 2.24) is 14.6 Å². The van der Waals surface area contributed by atoms with Crippen molar-refractivity contribution in [3.8, 4) is 6.07 Å². The second kappa shape index (κ2) is 4.97. The fourth-order valence-corrected chi connectivity index (χ4v) is 3.97. The van der Waals surface area contributed by atoms with Gasteiger partial charge < -0.3 is 20.5 Å². The fourth-order valence-electron chi connectivity index (χ4n) is 3.01. The molecule has 12 heteroatoms. The molecule has 2 aromatic rings. The minimum Gasteiger partial charge on any atom is -0.386 e. The van der Waals surface area contributed by atoms with E-state index in [2.05, 4.69) is 14.6 Å². The molecule has 2 fully saturated rings. The van der Waals surface area contributed by atoms with Crippen LogP contribution >= 0.6 is 7.82 Å². The van der Waals surface area contributed by atoms with Crippen molar-refractivity contribution in [2.24, 2.45) is 0 Å². The number of rotatable bonds is 1. The predicted octanol–water partition coefficient (Wildman–Crippen LogP) is -0.694. The number of phosphoric ester groups is 1. The number of phosphoric acid groups is 1. The van der Waals surface area contributed by atoms with Crippen molar-refractivity contribution in [1.29, 1.82) is 5.26 Å². The molecular formula is C12H12N5O6P. The third kappa shape index (κ3) is 1.99. The zero-order valence-electron chi connectivity index (χ0n) is 12.0. The lowest BCUT2D eigenvalue weighted by molar-refractivity contribution is -0.0744. The van der Waals surface area contributed by atoms with E-state index in [1.165, 1.54) is 16.9 Å². The third-order valence-corrected chi connectivity index (χ3v) is 5.10. The summed E-state index contributed by atoms with van der Waals surface area (Å²) in [5.41, 5.74) is 4.53. The molecule has 4 rings (SSSR count). The van der Waals surface area contributed by atoms with E-state index >= 15 is 0 Å². The summed E-state index contributed by atoms with van der Waals surface area (Å²) in [6.07, 6.45) is -2.42. The minimum atomic E-state index is -4.30. The Labute approximate surface area is 134 Å². The molecule has 5 atom stereocenters. The number of nitrogens with two attached hydrogens (primary N) is 1. The number of fused-ring (bicyclic) bond motifs is 2. The average Bonchev–Trinajstić information content (AvgIpc) is 3.09. The zero-order valence-corrected chi connectivity index (χ0v) is 12.9. The first-order valence-corrected chi connectivity index (χ1v) is 8.39. The molecular weight excluding hydrogens is 341 g/mol. The summed E-state index contributed by atoms with van der Waals surface area (Å²) in [7, 11) is -4.30. The SMILES string of the molecule is N#C[C@@]1(c2ccc3c(N)ncnn23)O[C@@H]2COP(=O)(O)O[C@H]2[C@H]1O. The molecule has 2 saturated heterocycles. The molecule has 11 nitrogen and oxygen atoms in total. The van der Waals surface area contributed by atoms with E-state index in [9.17, 15) is 19.8 Å². The van der Waals surface area contributed by atoms with Crippen LogP contribution in [0.5, 0.6) is 0 Å². The number of hydrogen-bond donors (Lipinski definition) is 3. The molecule has 24 heavy (non-hydrogen) atoms. The van der Waals surface area contributed by atoms with Crippen molar-refractivity contribution in [3.63, 3.8) is 0 Å². The van der Waals surface area contributed by atoms with Crippen LogP contribution in [-0.2, 0) is 24.0 Å². The highest BCUT2D eigenvalue weighted by Gasteiger charge is 2.62. The third-order valence-electron chi connectivity index (χ3n) is 4.12. The number of nitriles is 1. The number of nitrogens with zero attached hydrogens (tertiary/aromatic N) is 4. The molecule has 0 bridgehead atoms. The van der Waals surface area contributed by atoms with Crippen LogP contribution in [0, 0.1) is 11.3 Å². The molecule has 126 valence electrons. The Balaban J connectivity index is 1.84. The molecule has 4 N–H and O–H groups in total. The highest BCUT2D eigenvalue weighted by molar-refractivity contribution is 7.47. The number of anilines is 1. The van der Waals surface area contributed by atoms with Gasteiger partial charge in [0.2, 0.25) is 5.60 Å². The first-order chi connectivity index (χ1) is 11.4. The first kappa shape index (κ1) is 15.5. The van der Waals surface area contributed by atoms with E-state index in [-0.39, 0.29) is 18.1 Å². The van der Waals surface area contributed by atoms with Gasteiger partial charge in [0, 0.05) is 0 Å². The van der Waals surface area contributed by atoms with Crippen LogP contribution in [0.25, 0.3) is 5.52 Å². The smallest absolute Gasteiger partial charge is 0.386 e. The summed E-state index contributed by atoms with van der Waals surface area (Å²) in [5, 5.41) is 24.4. The van der Waals surface area contributed by atoms with Gasteiger partial charge in [-0.25, -0.2) is 14.1 Å². The predicted molar refractivity (Wildman–Crippen MR) is 76.2 cm³/mol. The van der Waals surface area contributed by atoms with Crippen molar-refractivity contribution < 1.29 is 28.3 Å². The van der Waals surface area contributed by atoms with E-state index in [1.807, 2.05) is 6.07 Å². The number of nitrogen functional groups attached to an aromatic ring is 1. The Kier molecular flexibility index (Phi) is 3.20. The average molecular weight is 353 g/mol. The number of aliphatic hydroxyl groups is 1. The summed E-state index contributed by atoms with van der Waals surface area (Å²) < 4.78 is 28.2. The van der Waals surface area contributed by atoms with E-state index in [0.29, 0.717) is 5.52 Å².